The normalized spacial score (nSPS) is 26.3. The van der Waals surface area contributed by atoms with Gasteiger partial charge in [0.15, 0.2) is 0 Å². The second kappa shape index (κ2) is 4.15. The molecule has 78 valence electrons. The van der Waals surface area contributed by atoms with Crippen LogP contribution in [-0.2, 0) is 0 Å². The number of aromatic nitrogens is 1. The Kier molecular flexibility index (Phi) is 2.89. The van der Waals surface area contributed by atoms with Crippen LogP contribution >= 0.6 is 0 Å². The second-order valence-electron chi connectivity index (χ2n) is 4.15. The highest BCUT2D eigenvalue weighted by Gasteiger charge is 2.21. The molecular weight excluding hydrogens is 174 g/mol. The van der Waals surface area contributed by atoms with Gasteiger partial charge >= 0.3 is 0 Å². The first-order chi connectivity index (χ1) is 6.77. The Morgan fingerprint density at radius 2 is 2.43 bits per heavy atom. The summed E-state index contributed by atoms with van der Waals surface area (Å²) >= 11 is 0. The molecule has 0 aliphatic carbocycles. The number of piperazine rings is 1. The molecule has 2 N–H and O–H groups in total. The lowest BCUT2D eigenvalue weighted by Crippen LogP contribution is -2.49. The molecule has 0 spiro atoms. The Bertz CT molecular complexity index is 268. The summed E-state index contributed by atoms with van der Waals surface area (Å²) in [4.78, 5) is 5.81. The molecule has 0 bridgehead atoms. The molecule has 1 aliphatic rings. The summed E-state index contributed by atoms with van der Waals surface area (Å²) in [6.07, 6.45) is 2.00. The van der Waals surface area contributed by atoms with Crippen molar-refractivity contribution in [2.75, 3.05) is 19.6 Å². The molecule has 0 radical (unpaired) electrons. The molecule has 2 atom stereocenters. The molecular formula is C11H19N3. The number of H-pyrrole nitrogens is 1. The standard InChI is InChI=1S/C11H19N3/c1-9-8-14(7-6-12-9)10(2)11-4-3-5-13-11/h3-5,9-10,12-13H,6-8H2,1-2H3/t9-,10-/m0/s1. The molecule has 1 aromatic heterocycles. The fourth-order valence-corrected chi connectivity index (χ4v) is 2.11. The Labute approximate surface area is 85.5 Å². The van der Waals surface area contributed by atoms with Gasteiger partial charge in [-0.05, 0) is 26.0 Å². The number of nitrogens with one attached hydrogen (secondary N) is 2. The lowest BCUT2D eigenvalue weighted by atomic mass is 10.1. The summed E-state index contributed by atoms with van der Waals surface area (Å²) in [5.41, 5.74) is 1.32. The predicted molar refractivity (Wildman–Crippen MR) is 58.2 cm³/mol. The van der Waals surface area contributed by atoms with E-state index < -0.39 is 0 Å². The minimum absolute atomic E-state index is 0.509. The van der Waals surface area contributed by atoms with Crippen LogP contribution in [0.3, 0.4) is 0 Å². The van der Waals surface area contributed by atoms with Crippen molar-refractivity contribution in [2.24, 2.45) is 0 Å². The van der Waals surface area contributed by atoms with E-state index in [2.05, 4.69) is 41.2 Å². The zero-order valence-corrected chi connectivity index (χ0v) is 8.96. The molecule has 1 saturated heterocycles. The van der Waals surface area contributed by atoms with Crippen LogP contribution in [0.1, 0.15) is 25.6 Å². The Morgan fingerprint density at radius 1 is 1.57 bits per heavy atom. The minimum Gasteiger partial charge on any atom is -0.364 e. The van der Waals surface area contributed by atoms with E-state index in [1.54, 1.807) is 0 Å². The first-order valence-corrected chi connectivity index (χ1v) is 5.38. The summed E-state index contributed by atoms with van der Waals surface area (Å²) in [5, 5.41) is 3.46. The van der Waals surface area contributed by atoms with E-state index in [0.717, 1.165) is 19.6 Å². The van der Waals surface area contributed by atoms with Gasteiger partial charge in [0.25, 0.3) is 0 Å². The maximum atomic E-state index is 3.46. The molecule has 1 aromatic rings. The summed E-state index contributed by atoms with van der Waals surface area (Å²) in [5.74, 6) is 0. The highest BCUT2D eigenvalue weighted by molar-refractivity contribution is 5.08. The second-order valence-corrected chi connectivity index (χ2v) is 4.15. The van der Waals surface area contributed by atoms with Gasteiger partial charge in [0.05, 0.1) is 0 Å². The highest BCUT2D eigenvalue weighted by Crippen LogP contribution is 2.19. The van der Waals surface area contributed by atoms with Gasteiger partial charge in [-0.3, -0.25) is 4.90 Å². The molecule has 14 heavy (non-hydrogen) atoms. The summed E-state index contributed by atoms with van der Waals surface area (Å²) in [6, 6.07) is 5.35. The molecule has 1 fully saturated rings. The van der Waals surface area contributed by atoms with Crippen molar-refractivity contribution in [1.82, 2.24) is 15.2 Å². The fourth-order valence-electron chi connectivity index (χ4n) is 2.11. The van der Waals surface area contributed by atoms with E-state index in [1.807, 2.05) is 6.20 Å². The van der Waals surface area contributed by atoms with Crippen molar-refractivity contribution >= 4 is 0 Å². The van der Waals surface area contributed by atoms with E-state index >= 15 is 0 Å². The first kappa shape index (κ1) is 9.74. The highest BCUT2D eigenvalue weighted by atomic mass is 15.2. The maximum Gasteiger partial charge on any atom is 0.0471 e. The van der Waals surface area contributed by atoms with Crippen LogP contribution in [0.2, 0.25) is 0 Å². The number of hydrogen-bond acceptors (Lipinski definition) is 2. The Morgan fingerprint density at radius 3 is 3.07 bits per heavy atom. The summed E-state index contributed by atoms with van der Waals surface area (Å²) in [7, 11) is 0. The van der Waals surface area contributed by atoms with E-state index in [-0.39, 0.29) is 0 Å². The monoisotopic (exact) mass is 193 g/mol. The summed E-state index contributed by atoms with van der Waals surface area (Å²) in [6.45, 7) is 7.90. The molecule has 0 saturated carbocycles. The zero-order chi connectivity index (χ0) is 9.97. The third-order valence-corrected chi connectivity index (χ3v) is 3.02. The minimum atomic E-state index is 0.509. The molecule has 2 rings (SSSR count). The molecule has 0 aromatic carbocycles. The molecule has 2 heterocycles. The van der Waals surface area contributed by atoms with Crippen molar-refractivity contribution < 1.29 is 0 Å². The molecule has 1 aliphatic heterocycles. The van der Waals surface area contributed by atoms with Crippen molar-refractivity contribution in [2.45, 2.75) is 25.9 Å². The van der Waals surface area contributed by atoms with Crippen molar-refractivity contribution in [3.8, 4) is 0 Å². The van der Waals surface area contributed by atoms with Crippen LogP contribution in [0.25, 0.3) is 0 Å². The lowest BCUT2D eigenvalue weighted by molar-refractivity contribution is 0.156. The van der Waals surface area contributed by atoms with Crippen LogP contribution in [0, 0.1) is 0 Å². The molecule has 0 unspecified atom stereocenters. The average Bonchev–Trinajstić information content (AvgIpc) is 2.69. The van der Waals surface area contributed by atoms with Crippen molar-refractivity contribution in [3.63, 3.8) is 0 Å². The van der Waals surface area contributed by atoms with E-state index in [9.17, 15) is 0 Å². The fraction of sp³-hybridized carbons (Fsp3) is 0.636. The number of nitrogens with zero attached hydrogens (tertiary/aromatic N) is 1. The maximum absolute atomic E-state index is 3.46. The zero-order valence-electron chi connectivity index (χ0n) is 8.96. The van der Waals surface area contributed by atoms with Gasteiger partial charge in [0.2, 0.25) is 0 Å². The van der Waals surface area contributed by atoms with Crippen LogP contribution in [0.15, 0.2) is 18.3 Å². The average molecular weight is 193 g/mol. The van der Waals surface area contributed by atoms with E-state index in [4.69, 9.17) is 0 Å². The van der Waals surface area contributed by atoms with Gasteiger partial charge in [0, 0.05) is 43.6 Å². The Hall–Kier alpha value is -0.800. The first-order valence-electron chi connectivity index (χ1n) is 5.38. The van der Waals surface area contributed by atoms with Gasteiger partial charge in [-0.2, -0.15) is 0 Å². The van der Waals surface area contributed by atoms with Crippen LogP contribution < -0.4 is 5.32 Å². The number of rotatable bonds is 2. The molecule has 3 nitrogen and oxygen atoms in total. The number of aromatic amines is 1. The third-order valence-electron chi connectivity index (χ3n) is 3.02. The van der Waals surface area contributed by atoms with Crippen LogP contribution in [0.4, 0.5) is 0 Å². The SMILES string of the molecule is C[C@H]1CN([C@@H](C)c2ccc[nH]2)CCN1. The molecule has 3 heteroatoms. The van der Waals surface area contributed by atoms with Gasteiger partial charge < -0.3 is 10.3 Å². The van der Waals surface area contributed by atoms with Gasteiger partial charge in [-0.15, -0.1) is 0 Å². The van der Waals surface area contributed by atoms with E-state index in [1.165, 1.54) is 5.69 Å². The molecule has 0 amide bonds. The lowest BCUT2D eigenvalue weighted by Gasteiger charge is -2.35. The quantitative estimate of drug-likeness (QED) is 0.743. The van der Waals surface area contributed by atoms with Gasteiger partial charge in [0.1, 0.15) is 0 Å². The van der Waals surface area contributed by atoms with Gasteiger partial charge in [-0.25, -0.2) is 0 Å². The third kappa shape index (κ3) is 1.99. The largest absolute Gasteiger partial charge is 0.364 e. The van der Waals surface area contributed by atoms with Crippen molar-refractivity contribution in [3.05, 3.63) is 24.0 Å². The van der Waals surface area contributed by atoms with Gasteiger partial charge in [-0.1, -0.05) is 0 Å². The van der Waals surface area contributed by atoms with Crippen LogP contribution in [0.5, 0.6) is 0 Å². The smallest absolute Gasteiger partial charge is 0.0471 e. The van der Waals surface area contributed by atoms with Crippen molar-refractivity contribution in [1.29, 1.82) is 0 Å². The Balaban J connectivity index is 2.00. The predicted octanol–water partition coefficient (Wildman–Crippen LogP) is 1.37. The summed E-state index contributed by atoms with van der Waals surface area (Å²) < 4.78 is 0. The number of hydrogen-bond donors (Lipinski definition) is 2. The topological polar surface area (TPSA) is 31.1 Å². The van der Waals surface area contributed by atoms with Crippen LogP contribution in [-0.4, -0.2) is 35.6 Å². The van der Waals surface area contributed by atoms with E-state index in [0.29, 0.717) is 12.1 Å².